The van der Waals surface area contributed by atoms with Crippen LogP contribution in [0.25, 0.3) is 0 Å². The lowest BCUT2D eigenvalue weighted by Crippen LogP contribution is -2.40. The van der Waals surface area contributed by atoms with Crippen molar-refractivity contribution in [2.45, 2.75) is 44.1 Å². The van der Waals surface area contributed by atoms with Gasteiger partial charge in [0.25, 0.3) is 0 Å². The average molecular weight is 297 g/mol. The Kier molecular flexibility index (Phi) is 4.83. The summed E-state index contributed by atoms with van der Waals surface area (Å²) >= 11 is 0. The first-order valence-corrected chi connectivity index (χ1v) is 8.66. The molecule has 1 atom stereocenters. The van der Waals surface area contributed by atoms with Gasteiger partial charge in [0.05, 0.1) is 11.0 Å². The van der Waals surface area contributed by atoms with Crippen LogP contribution in [-0.4, -0.2) is 37.0 Å². The minimum atomic E-state index is -3.39. The van der Waals surface area contributed by atoms with E-state index in [-0.39, 0.29) is 12.0 Å². The zero-order valence-corrected chi connectivity index (χ0v) is 12.9. The molecule has 5 heteroatoms. The molecule has 20 heavy (non-hydrogen) atoms. The topological polar surface area (TPSA) is 57.6 Å². The fourth-order valence-electron chi connectivity index (χ4n) is 2.67. The van der Waals surface area contributed by atoms with Crippen LogP contribution in [0.2, 0.25) is 0 Å². The normalized spacial score (nSPS) is 19.9. The number of hydrogen-bond donors (Lipinski definition) is 1. The van der Waals surface area contributed by atoms with Gasteiger partial charge < -0.3 is 5.11 Å². The van der Waals surface area contributed by atoms with E-state index in [0.717, 1.165) is 24.8 Å². The Labute approximate surface area is 121 Å². The quantitative estimate of drug-likeness (QED) is 0.925. The maximum Gasteiger partial charge on any atom is 0.243 e. The van der Waals surface area contributed by atoms with Gasteiger partial charge in [-0.25, -0.2) is 8.42 Å². The lowest BCUT2D eigenvalue weighted by molar-refractivity contribution is 0.0912. The number of piperidine rings is 1. The largest absolute Gasteiger partial charge is 0.393 e. The van der Waals surface area contributed by atoms with Gasteiger partial charge in [0.1, 0.15) is 0 Å². The fourth-order valence-corrected chi connectivity index (χ4v) is 4.21. The molecule has 0 bridgehead atoms. The van der Waals surface area contributed by atoms with E-state index >= 15 is 0 Å². The summed E-state index contributed by atoms with van der Waals surface area (Å²) < 4.78 is 26.7. The predicted octanol–water partition coefficient (Wildman–Crippen LogP) is 2.03. The van der Waals surface area contributed by atoms with Crippen LogP contribution in [0.5, 0.6) is 0 Å². The molecule has 1 N–H and O–H groups in total. The van der Waals surface area contributed by atoms with Crippen LogP contribution in [0, 0.1) is 5.92 Å². The van der Waals surface area contributed by atoms with Crippen molar-refractivity contribution in [3.8, 4) is 0 Å². The Morgan fingerprint density at radius 3 is 2.55 bits per heavy atom. The van der Waals surface area contributed by atoms with E-state index in [4.69, 9.17) is 0 Å². The summed E-state index contributed by atoms with van der Waals surface area (Å²) in [6.07, 6.45) is 1.92. The number of rotatable bonds is 4. The highest BCUT2D eigenvalue weighted by atomic mass is 32.2. The third-order valence-corrected chi connectivity index (χ3v) is 6.02. The van der Waals surface area contributed by atoms with Crippen LogP contribution in [0.4, 0.5) is 0 Å². The van der Waals surface area contributed by atoms with Gasteiger partial charge in [-0.05, 0) is 49.8 Å². The summed E-state index contributed by atoms with van der Waals surface area (Å²) in [6.45, 7) is 4.78. The number of aliphatic hydroxyl groups is 1. The monoisotopic (exact) mass is 297 g/mol. The van der Waals surface area contributed by atoms with Crippen molar-refractivity contribution in [1.29, 1.82) is 0 Å². The van der Waals surface area contributed by atoms with Crippen LogP contribution in [0.15, 0.2) is 29.2 Å². The van der Waals surface area contributed by atoms with E-state index in [2.05, 4.69) is 0 Å². The molecule has 0 amide bonds. The summed E-state index contributed by atoms with van der Waals surface area (Å²) in [6, 6.07) is 7.16. The van der Waals surface area contributed by atoms with E-state index in [1.165, 1.54) is 0 Å². The molecule has 0 saturated carbocycles. The first-order chi connectivity index (χ1) is 9.45. The first kappa shape index (κ1) is 15.5. The van der Waals surface area contributed by atoms with Gasteiger partial charge in [-0.15, -0.1) is 0 Å². The van der Waals surface area contributed by atoms with Gasteiger partial charge in [-0.3, -0.25) is 0 Å². The zero-order chi connectivity index (χ0) is 14.8. The summed E-state index contributed by atoms with van der Waals surface area (Å²) in [4.78, 5) is 0.382. The van der Waals surface area contributed by atoms with Gasteiger partial charge in [0, 0.05) is 13.1 Å². The molecule has 1 heterocycles. The maximum atomic E-state index is 12.6. The second-order valence-electron chi connectivity index (χ2n) is 5.48. The minimum absolute atomic E-state index is 0.212. The lowest BCUT2D eigenvalue weighted by atomic mass is 9.93. The molecule has 1 aromatic rings. The van der Waals surface area contributed by atoms with Gasteiger partial charge in [-0.1, -0.05) is 19.1 Å². The summed E-state index contributed by atoms with van der Waals surface area (Å²) in [5.74, 6) is 0.212. The van der Waals surface area contributed by atoms with Crippen molar-refractivity contribution < 1.29 is 13.5 Å². The van der Waals surface area contributed by atoms with E-state index in [0.29, 0.717) is 18.0 Å². The molecule has 0 radical (unpaired) electrons. The average Bonchev–Trinajstić information content (AvgIpc) is 2.47. The van der Waals surface area contributed by atoms with Gasteiger partial charge in [-0.2, -0.15) is 4.31 Å². The third-order valence-electron chi connectivity index (χ3n) is 4.13. The molecule has 1 aliphatic rings. The molecule has 0 aromatic heterocycles. The molecule has 1 fully saturated rings. The number of sulfonamides is 1. The van der Waals surface area contributed by atoms with Gasteiger partial charge in [0.2, 0.25) is 10.0 Å². The van der Waals surface area contributed by atoms with Crippen LogP contribution < -0.4 is 0 Å². The van der Waals surface area contributed by atoms with E-state index in [1.807, 2.05) is 13.0 Å². The number of hydrogen-bond acceptors (Lipinski definition) is 3. The lowest BCUT2D eigenvalue weighted by Gasteiger charge is -2.32. The van der Waals surface area contributed by atoms with Crippen molar-refractivity contribution in [3.63, 3.8) is 0 Å². The zero-order valence-electron chi connectivity index (χ0n) is 12.1. The predicted molar refractivity (Wildman–Crippen MR) is 79.0 cm³/mol. The van der Waals surface area contributed by atoms with Gasteiger partial charge in [0.15, 0.2) is 0 Å². The molecule has 1 aliphatic heterocycles. The highest BCUT2D eigenvalue weighted by molar-refractivity contribution is 7.89. The van der Waals surface area contributed by atoms with Crippen molar-refractivity contribution >= 4 is 10.0 Å². The van der Waals surface area contributed by atoms with E-state index < -0.39 is 10.0 Å². The van der Waals surface area contributed by atoms with Crippen molar-refractivity contribution in [3.05, 3.63) is 29.8 Å². The molecular weight excluding hydrogens is 274 g/mol. The Morgan fingerprint density at radius 1 is 1.35 bits per heavy atom. The summed E-state index contributed by atoms with van der Waals surface area (Å²) in [7, 11) is -3.39. The maximum absolute atomic E-state index is 12.6. The first-order valence-electron chi connectivity index (χ1n) is 7.22. The Hall–Kier alpha value is -0.910. The molecule has 1 aromatic carbocycles. The molecule has 112 valence electrons. The Balaban J connectivity index is 2.15. The fraction of sp³-hybridized carbons (Fsp3) is 0.600. The van der Waals surface area contributed by atoms with Crippen molar-refractivity contribution in [1.82, 2.24) is 4.31 Å². The standard InChI is InChI=1S/C15H23NO3S/c1-3-13-5-4-6-15(11-13)20(18,19)16-9-7-14(8-10-16)12(2)17/h4-6,11-12,14,17H,3,7-10H2,1-2H3. The molecule has 0 aliphatic carbocycles. The molecule has 1 unspecified atom stereocenters. The Bertz CT molecular complexity index is 546. The van der Waals surface area contributed by atoms with E-state index in [9.17, 15) is 13.5 Å². The summed E-state index contributed by atoms with van der Waals surface area (Å²) in [5, 5.41) is 9.58. The van der Waals surface area contributed by atoms with Crippen molar-refractivity contribution in [2.75, 3.05) is 13.1 Å². The number of benzene rings is 1. The van der Waals surface area contributed by atoms with Crippen LogP contribution in [0.1, 0.15) is 32.3 Å². The molecular formula is C15H23NO3S. The number of aryl methyl sites for hydroxylation is 1. The minimum Gasteiger partial charge on any atom is -0.393 e. The smallest absolute Gasteiger partial charge is 0.243 e. The summed E-state index contributed by atoms with van der Waals surface area (Å²) in [5.41, 5.74) is 1.03. The third kappa shape index (κ3) is 3.22. The molecule has 2 rings (SSSR count). The molecule has 1 saturated heterocycles. The second kappa shape index (κ2) is 6.24. The Morgan fingerprint density at radius 2 is 2.00 bits per heavy atom. The van der Waals surface area contributed by atoms with Crippen LogP contribution in [0.3, 0.4) is 0 Å². The van der Waals surface area contributed by atoms with Crippen molar-refractivity contribution in [2.24, 2.45) is 5.92 Å². The number of nitrogens with zero attached hydrogens (tertiary/aromatic N) is 1. The second-order valence-corrected chi connectivity index (χ2v) is 7.42. The highest BCUT2D eigenvalue weighted by Gasteiger charge is 2.30. The van der Waals surface area contributed by atoms with E-state index in [1.54, 1.807) is 29.4 Å². The number of aliphatic hydroxyl groups excluding tert-OH is 1. The van der Waals surface area contributed by atoms with Crippen LogP contribution >= 0.6 is 0 Å². The SMILES string of the molecule is CCc1cccc(S(=O)(=O)N2CCC(C(C)O)CC2)c1. The molecule has 4 nitrogen and oxygen atoms in total. The highest BCUT2D eigenvalue weighted by Crippen LogP contribution is 2.26. The molecule has 0 spiro atoms. The van der Waals surface area contributed by atoms with Gasteiger partial charge >= 0.3 is 0 Å². The van der Waals surface area contributed by atoms with Crippen LogP contribution in [-0.2, 0) is 16.4 Å².